The zero-order valence-corrected chi connectivity index (χ0v) is 17.5. The van der Waals surface area contributed by atoms with Crippen molar-refractivity contribution in [2.24, 2.45) is 0 Å². The Morgan fingerprint density at radius 3 is 2.81 bits per heavy atom. The molecular formula is C24H26N2O5. The minimum Gasteiger partial charge on any atom is -0.497 e. The third-order valence-electron chi connectivity index (χ3n) is 5.96. The number of hydrogen-bond donors (Lipinski definition) is 2. The van der Waals surface area contributed by atoms with Crippen LogP contribution in [0.4, 0.5) is 0 Å². The van der Waals surface area contributed by atoms with Gasteiger partial charge in [0, 0.05) is 38.6 Å². The summed E-state index contributed by atoms with van der Waals surface area (Å²) in [5.74, 6) is 0.889. The van der Waals surface area contributed by atoms with E-state index in [4.69, 9.17) is 14.7 Å². The van der Waals surface area contributed by atoms with Crippen molar-refractivity contribution in [3.63, 3.8) is 0 Å². The van der Waals surface area contributed by atoms with Gasteiger partial charge in [0.05, 0.1) is 19.1 Å². The third kappa shape index (κ3) is 4.78. The summed E-state index contributed by atoms with van der Waals surface area (Å²) < 4.78 is 11.7. The maximum atomic E-state index is 12.9. The lowest BCUT2D eigenvalue weighted by atomic mass is 9.82. The predicted octanol–water partition coefficient (Wildman–Crippen LogP) is 3.21. The lowest BCUT2D eigenvalue weighted by Gasteiger charge is -2.44. The molecule has 0 unspecified atom stereocenters. The van der Waals surface area contributed by atoms with E-state index in [1.54, 1.807) is 36.9 Å². The van der Waals surface area contributed by atoms with Gasteiger partial charge in [-0.05, 0) is 41.5 Å². The lowest BCUT2D eigenvalue weighted by Crippen LogP contribution is -2.50. The normalized spacial score (nSPS) is 17.9. The number of methoxy groups -OCH3 is 1. The van der Waals surface area contributed by atoms with Crippen molar-refractivity contribution in [2.75, 3.05) is 20.2 Å². The first-order valence-electron chi connectivity index (χ1n) is 10.3. The number of benzene rings is 2. The van der Waals surface area contributed by atoms with Gasteiger partial charge >= 0.3 is 0 Å². The highest BCUT2D eigenvalue weighted by Gasteiger charge is 2.42. The number of carbonyl (C=O) groups is 2. The molecule has 0 radical (unpaired) electrons. The molecule has 2 heterocycles. The summed E-state index contributed by atoms with van der Waals surface area (Å²) >= 11 is 0. The summed E-state index contributed by atoms with van der Waals surface area (Å²) in [6, 6.07) is 13.4. The molecule has 0 atom stereocenters. The zero-order chi connectivity index (χ0) is 21.8. The minimum absolute atomic E-state index is 0.0596. The van der Waals surface area contributed by atoms with Crippen LogP contribution in [0.25, 0.3) is 6.08 Å². The van der Waals surface area contributed by atoms with E-state index in [9.17, 15) is 9.59 Å². The summed E-state index contributed by atoms with van der Waals surface area (Å²) in [5.41, 5.74) is 3.53. The van der Waals surface area contributed by atoms with Crippen LogP contribution in [0.15, 0.2) is 48.5 Å². The molecule has 0 aromatic heterocycles. The number of piperidine rings is 1. The van der Waals surface area contributed by atoms with E-state index in [1.165, 1.54) is 11.6 Å². The number of Topliss-reactive ketones (excluding diaryl/α,β-unsaturated/α-hetero) is 1. The van der Waals surface area contributed by atoms with E-state index in [1.807, 2.05) is 12.1 Å². The van der Waals surface area contributed by atoms with Crippen LogP contribution in [0.1, 0.15) is 40.7 Å². The molecule has 2 aliphatic rings. The minimum atomic E-state index is -0.625. The maximum Gasteiger partial charge on any atom is 0.267 e. The second-order valence-electron chi connectivity index (χ2n) is 8.08. The topological polar surface area (TPSA) is 88.1 Å². The second-order valence-corrected chi connectivity index (χ2v) is 8.08. The molecule has 0 bridgehead atoms. The van der Waals surface area contributed by atoms with Gasteiger partial charge < -0.3 is 9.47 Å². The highest BCUT2D eigenvalue weighted by Crippen LogP contribution is 2.40. The smallest absolute Gasteiger partial charge is 0.267 e. The number of ether oxygens (including phenoxy) is 2. The standard InChI is InChI=1S/C24H26N2O5/c1-30-19-4-2-3-18(13-19)16-26-11-9-24(10-12-26)15-21(27)20-14-17(5-7-22(20)31-24)6-8-23(28)25-29/h2-8,13-14,29H,9-12,15-16H2,1H3,(H,25,28)/b8-6+. The van der Waals surface area contributed by atoms with Gasteiger partial charge in [0.15, 0.2) is 5.78 Å². The number of nitrogens with zero attached hydrogens (tertiary/aromatic N) is 1. The number of carbonyl (C=O) groups excluding carboxylic acids is 2. The second kappa shape index (κ2) is 8.91. The van der Waals surface area contributed by atoms with E-state index in [0.717, 1.165) is 38.2 Å². The first-order chi connectivity index (χ1) is 15.0. The molecule has 0 saturated carbocycles. The fraction of sp³-hybridized carbons (Fsp3) is 0.333. The van der Waals surface area contributed by atoms with Crippen molar-refractivity contribution < 1.29 is 24.3 Å². The first kappa shape index (κ1) is 21.1. The average molecular weight is 422 g/mol. The monoisotopic (exact) mass is 422 g/mol. The van der Waals surface area contributed by atoms with Crippen LogP contribution in [0, 0.1) is 0 Å². The highest BCUT2D eigenvalue weighted by atomic mass is 16.5. The number of hydroxylamine groups is 1. The Morgan fingerprint density at radius 1 is 1.26 bits per heavy atom. The molecule has 1 spiro atoms. The van der Waals surface area contributed by atoms with Gasteiger partial charge in [0.2, 0.25) is 0 Å². The molecule has 1 saturated heterocycles. The largest absolute Gasteiger partial charge is 0.497 e. The summed E-state index contributed by atoms with van der Waals surface area (Å²) in [7, 11) is 1.67. The molecule has 7 heteroatoms. The summed E-state index contributed by atoms with van der Waals surface area (Å²) in [5, 5.41) is 8.58. The van der Waals surface area contributed by atoms with Gasteiger partial charge in [-0.3, -0.25) is 19.7 Å². The fourth-order valence-corrected chi connectivity index (χ4v) is 4.25. The summed E-state index contributed by atoms with van der Waals surface area (Å²) in [6.07, 6.45) is 4.69. The Morgan fingerprint density at radius 2 is 2.06 bits per heavy atom. The molecular weight excluding hydrogens is 396 g/mol. The number of nitrogens with one attached hydrogen (secondary N) is 1. The van der Waals surface area contributed by atoms with Gasteiger partial charge in [-0.25, -0.2) is 5.48 Å². The van der Waals surface area contributed by atoms with Crippen LogP contribution in [0.2, 0.25) is 0 Å². The molecule has 2 aliphatic heterocycles. The molecule has 4 rings (SSSR count). The van der Waals surface area contributed by atoms with Gasteiger partial charge in [0.25, 0.3) is 5.91 Å². The molecule has 2 N–H and O–H groups in total. The molecule has 162 valence electrons. The Kier molecular flexibility index (Phi) is 6.06. The van der Waals surface area contributed by atoms with Gasteiger partial charge in [0.1, 0.15) is 17.1 Å². The molecule has 0 aliphatic carbocycles. The molecule has 2 aromatic rings. The first-order valence-corrected chi connectivity index (χ1v) is 10.3. The molecule has 31 heavy (non-hydrogen) atoms. The zero-order valence-electron chi connectivity index (χ0n) is 17.5. The van der Waals surface area contributed by atoms with E-state index >= 15 is 0 Å². The quantitative estimate of drug-likeness (QED) is 0.437. The molecule has 1 amide bonds. The van der Waals surface area contributed by atoms with Gasteiger partial charge in [-0.15, -0.1) is 0 Å². The van der Waals surface area contributed by atoms with Crippen molar-refractivity contribution in [3.05, 3.63) is 65.2 Å². The summed E-state index contributed by atoms with van der Waals surface area (Å²) in [6.45, 7) is 2.56. The Labute approximate surface area is 181 Å². The highest BCUT2D eigenvalue weighted by molar-refractivity contribution is 6.01. The van der Waals surface area contributed by atoms with Crippen molar-refractivity contribution in [1.29, 1.82) is 0 Å². The number of hydrogen-bond acceptors (Lipinski definition) is 6. The van der Waals surface area contributed by atoms with Crippen molar-refractivity contribution in [2.45, 2.75) is 31.4 Å². The number of fused-ring (bicyclic) bond motifs is 1. The predicted molar refractivity (Wildman–Crippen MR) is 115 cm³/mol. The van der Waals surface area contributed by atoms with Crippen molar-refractivity contribution >= 4 is 17.8 Å². The van der Waals surface area contributed by atoms with Gasteiger partial charge in [-0.1, -0.05) is 18.2 Å². The number of amides is 1. The summed E-state index contributed by atoms with van der Waals surface area (Å²) in [4.78, 5) is 26.4. The van der Waals surface area contributed by atoms with Crippen molar-refractivity contribution in [3.8, 4) is 11.5 Å². The van der Waals surface area contributed by atoms with Crippen LogP contribution in [-0.2, 0) is 11.3 Å². The number of rotatable bonds is 5. The van der Waals surface area contributed by atoms with Crippen LogP contribution in [0.5, 0.6) is 11.5 Å². The molecule has 7 nitrogen and oxygen atoms in total. The Bertz CT molecular complexity index is 1010. The van der Waals surface area contributed by atoms with E-state index < -0.39 is 11.5 Å². The van der Waals surface area contributed by atoms with Crippen LogP contribution >= 0.6 is 0 Å². The van der Waals surface area contributed by atoms with Crippen LogP contribution in [-0.4, -0.2) is 47.6 Å². The van der Waals surface area contributed by atoms with Gasteiger partial charge in [-0.2, -0.15) is 0 Å². The number of likely N-dealkylation sites (tertiary alicyclic amines) is 1. The third-order valence-corrected chi connectivity index (χ3v) is 5.96. The van der Waals surface area contributed by atoms with E-state index in [2.05, 4.69) is 17.0 Å². The lowest BCUT2D eigenvalue weighted by molar-refractivity contribution is -0.124. The molecule has 2 aromatic carbocycles. The van der Waals surface area contributed by atoms with E-state index in [-0.39, 0.29) is 5.78 Å². The maximum absolute atomic E-state index is 12.9. The van der Waals surface area contributed by atoms with E-state index in [0.29, 0.717) is 23.3 Å². The Balaban J connectivity index is 1.41. The van der Waals surface area contributed by atoms with Crippen LogP contribution < -0.4 is 15.0 Å². The van der Waals surface area contributed by atoms with Crippen molar-refractivity contribution in [1.82, 2.24) is 10.4 Å². The number of ketones is 1. The Hall–Kier alpha value is -3.16. The average Bonchev–Trinajstić information content (AvgIpc) is 2.79. The van der Waals surface area contributed by atoms with Crippen LogP contribution in [0.3, 0.4) is 0 Å². The SMILES string of the molecule is COc1cccc(CN2CCC3(CC2)CC(=O)c2cc(/C=C/C(=O)NO)ccc2O3)c1. The fourth-order valence-electron chi connectivity index (χ4n) is 4.25. The molecule has 1 fully saturated rings.